The predicted molar refractivity (Wildman–Crippen MR) is 27.8 cm³/mol. The number of hydrogen-bond donors (Lipinski definition) is 1. The maximum absolute atomic E-state index is 11.7. The Morgan fingerprint density at radius 3 is 2.12 bits per heavy atom. The van der Waals surface area contributed by atoms with Crippen LogP contribution in [0.4, 0.5) is 8.78 Å². The van der Waals surface area contributed by atoms with Crippen molar-refractivity contribution in [3.8, 4) is 0 Å². The molecule has 0 aliphatic heterocycles. The van der Waals surface area contributed by atoms with Gasteiger partial charge in [-0.1, -0.05) is 0 Å². The summed E-state index contributed by atoms with van der Waals surface area (Å²) in [7, 11) is -1.89. The van der Waals surface area contributed by atoms with Gasteiger partial charge in [0.25, 0.3) is 5.92 Å². The quantitative estimate of drug-likeness (QED) is 0.592. The second-order valence-electron chi connectivity index (χ2n) is 1.60. The third kappa shape index (κ3) is 5.97. The average Bonchev–Trinajstić information content (AvgIpc) is 1.21. The minimum atomic E-state index is -2.90. The Bertz CT molecular complexity index is 99.9. The summed E-state index contributed by atoms with van der Waals surface area (Å²) in [4.78, 5) is 0. The third-order valence-electron chi connectivity index (χ3n) is 0.396. The molecule has 0 aromatic heterocycles. The first-order chi connectivity index (χ1) is 3.42. The first-order valence-electron chi connectivity index (χ1n) is 1.92. The molecule has 0 fully saturated rings. The zero-order chi connectivity index (χ0) is 6.78. The zero-order valence-corrected chi connectivity index (χ0v) is 5.17. The van der Waals surface area contributed by atoms with Crippen LogP contribution < -0.4 is 5.14 Å². The Labute approximate surface area is 48.6 Å². The molecule has 2 nitrogen and oxygen atoms in total. The van der Waals surface area contributed by atoms with Crippen LogP contribution in [0.3, 0.4) is 0 Å². The summed E-state index contributed by atoms with van der Waals surface area (Å²) in [5.74, 6) is -3.66. The average molecular weight is 143 g/mol. The highest BCUT2D eigenvalue weighted by Gasteiger charge is 2.22. The normalized spacial score (nSPS) is 16.0. The van der Waals surface area contributed by atoms with Crippen LogP contribution >= 0.6 is 0 Å². The SMILES string of the molecule is CC(F)(F)CS(N)=O. The van der Waals surface area contributed by atoms with Crippen molar-refractivity contribution in [2.75, 3.05) is 5.75 Å². The minimum absolute atomic E-state index is 0.678. The molecule has 0 radical (unpaired) electrons. The molecular weight excluding hydrogens is 136 g/mol. The van der Waals surface area contributed by atoms with Crippen LogP contribution in [-0.4, -0.2) is 15.9 Å². The number of rotatable bonds is 2. The summed E-state index contributed by atoms with van der Waals surface area (Å²) in [5, 5.41) is 4.57. The van der Waals surface area contributed by atoms with Crippen LogP contribution in [0, 0.1) is 0 Å². The molecule has 5 heteroatoms. The molecule has 0 heterocycles. The van der Waals surface area contributed by atoms with E-state index in [0.717, 1.165) is 0 Å². The number of nitrogens with two attached hydrogens (primary N) is 1. The van der Waals surface area contributed by atoms with E-state index >= 15 is 0 Å². The lowest BCUT2D eigenvalue weighted by molar-refractivity contribution is 0.0483. The molecule has 0 saturated carbocycles. The fourth-order valence-corrected chi connectivity index (χ4v) is 0.749. The van der Waals surface area contributed by atoms with Crippen LogP contribution in [0.25, 0.3) is 0 Å². The van der Waals surface area contributed by atoms with Gasteiger partial charge in [0, 0.05) is 6.92 Å². The van der Waals surface area contributed by atoms with Crippen molar-refractivity contribution < 1.29 is 13.0 Å². The van der Waals surface area contributed by atoms with E-state index in [1.165, 1.54) is 0 Å². The highest BCUT2D eigenvalue weighted by molar-refractivity contribution is 7.82. The van der Waals surface area contributed by atoms with Gasteiger partial charge in [-0.2, -0.15) is 0 Å². The molecule has 0 aliphatic carbocycles. The van der Waals surface area contributed by atoms with Crippen molar-refractivity contribution >= 4 is 11.0 Å². The summed E-state index contributed by atoms with van der Waals surface area (Å²) in [6.45, 7) is 0.678. The minimum Gasteiger partial charge on any atom is -0.252 e. The maximum atomic E-state index is 11.7. The molecule has 1 unspecified atom stereocenters. The van der Waals surface area contributed by atoms with E-state index < -0.39 is 22.7 Å². The summed E-state index contributed by atoms with van der Waals surface area (Å²) in [6.07, 6.45) is 0. The zero-order valence-electron chi connectivity index (χ0n) is 4.36. The molecule has 2 N–H and O–H groups in total. The monoisotopic (exact) mass is 143 g/mol. The standard InChI is InChI=1S/C3H7F2NOS/c1-3(4,5)2-8(6)7/h2,6H2,1H3. The topological polar surface area (TPSA) is 43.1 Å². The highest BCUT2D eigenvalue weighted by Crippen LogP contribution is 2.10. The van der Waals surface area contributed by atoms with Gasteiger partial charge in [0.15, 0.2) is 0 Å². The fourth-order valence-electron chi connectivity index (χ4n) is 0.250. The molecule has 50 valence electrons. The number of hydrogen-bond acceptors (Lipinski definition) is 1. The first-order valence-corrected chi connectivity index (χ1v) is 3.30. The molecule has 8 heavy (non-hydrogen) atoms. The van der Waals surface area contributed by atoms with Crippen molar-refractivity contribution in [1.29, 1.82) is 0 Å². The molecular formula is C3H7F2NOS. The molecule has 0 spiro atoms. The van der Waals surface area contributed by atoms with E-state index in [9.17, 15) is 13.0 Å². The van der Waals surface area contributed by atoms with Gasteiger partial charge < -0.3 is 0 Å². The van der Waals surface area contributed by atoms with Crippen LogP contribution in [0.15, 0.2) is 0 Å². The second kappa shape index (κ2) is 2.50. The van der Waals surface area contributed by atoms with Gasteiger partial charge in [-0.15, -0.1) is 0 Å². The largest absolute Gasteiger partial charge is 0.258 e. The Morgan fingerprint density at radius 2 is 2.12 bits per heavy atom. The van der Waals surface area contributed by atoms with Gasteiger partial charge in [0.05, 0.1) is 11.0 Å². The van der Waals surface area contributed by atoms with Gasteiger partial charge in [-0.25, -0.2) is 13.0 Å². The highest BCUT2D eigenvalue weighted by atomic mass is 32.2. The summed E-state index contributed by atoms with van der Waals surface area (Å²) < 4.78 is 33.3. The van der Waals surface area contributed by atoms with Gasteiger partial charge in [-0.3, -0.25) is 5.14 Å². The van der Waals surface area contributed by atoms with Crippen molar-refractivity contribution in [1.82, 2.24) is 0 Å². The van der Waals surface area contributed by atoms with Gasteiger partial charge in [0.1, 0.15) is 5.75 Å². The van der Waals surface area contributed by atoms with Crippen molar-refractivity contribution in [2.24, 2.45) is 5.14 Å². The Morgan fingerprint density at radius 1 is 1.75 bits per heavy atom. The van der Waals surface area contributed by atoms with Crippen LogP contribution in [0.5, 0.6) is 0 Å². The molecule has 0 aromatic carbocycles. The lowest BCUT2D eigenvalue weighted by atomic mass is 10.5. The van der Waals surface area contributed by atoms with E-state index in [1.807, 2.05) is 0 Å². The Balaban J connectivity index is 3.55. The molecule has 0 saturated heterocycles. The number of alkyl halides is 2. The molecule has 0 aliphatic rings. The van der Waals surface area contributed by atoms with Crippen molar-refractivity contribution in [3.63, 3.8) is 0 Å². The van der Waals surface area contributed by atoms with Gasteiger partial charge in [0.2, 0.25) is 0 Å². The van der Waals surface area contributed by atoms with E-state index in [0.29, 0.717) is 6.92 Å². The lowest BCUT2D eigenvalue weighted by Gasteiger charge is -2.04. The second-order valence-corrected chi connectivity index (χ2v) is 2.65. The van der Waals surface area contributed by atoms with E-state index in [2.05, 4.69) is 5.14 Å². The Hall–Kier alpha value is -0.0300. The van der Waals surface area contributed by atoms with Crippen molar-refractivity contribution in [3.05, 3.63) is 0 Å². The van der Waals surface area contributed by atoms with Crippen molar-refractivity contribution in [2.45, 2.75) is 12.8 Å². The predicted octanol–water partition coefficient (Wildman–Crippen LogP) is 0.264. The van der Waals surface area contributed by atoms with Crippen LogP contribution in [0.2, 0.25) is 0 Å². The van der Waals surface area contributed by atoms with Gasteiger partial charge in [-0.05, 0) is 0 Å². The third-order valence-corrected chi connectivity index (χ3v) is 1.19. The molecule has 0 aromatic rings. The van der Waals surface area contributed by atoms with E-state index in [1.54, 1.807) is 0 Å². The van der Waals surface area contributed by atoms with Crippen LogP contribution in [-0.2, 0) is 11.0 Å². The Kier molecular flexibility index (Phi) is 2.49. The molecule has 1 atom stereocenters. The fraction of sp³-hybridized carbons (Fsp3) is 1.00. The summed E-state index contributed by atoms with van der Waals surface area (Å²) in [5.41, 5.74) is 0. The molecule has 0 rings (SSSR count). The molecule has 0 amide bonds. The molecule has 0 bridgehead atoms. The van der Waals surface area contributed by atoms with E-state index in [4.69, 9.17) is 0 Å². The maximum Gasteiger partial charge on any atom is 0.258 e. The van der Waals surface area contributed by atoms with Gasteiger partial charge >= 0.3 is 0 Å². The van der Waals surface area contributed by atoms with Crippen LogP contribution in [0.1, 0.15) is 6.92 Å². The summed E-state index contributed by atoms with van der Waals surface area (Å²) >= 11 is 0. The number of halogens is 2. The van der Waals surface area contributed by atoms with E-state index in [-0.39, 0.29) is 0 Å². The summed E-state index contributed by atoms with van der Waals surface area (Å²) in [6, 6.07) is 0. The first kappa shape index (κ1) is 7.97. The smallest absolute Gasteiger partial charge is 0.252 e. The lowest BCUT2D eigenvalue weighted by Crippen LogP contribution is -2.24.